The van der Waals surface area contributed by atoms with Gasteiger partial charge in [-0.1, -0.05) is 26.0 Å². The van der Waals surface area contributed by atoms with E-state index in [2.05, 4.69) is 15.5 Å². The molecule has 0 unspecified atom stereocenters. The summed E-state index contributed by atoms with van der Waals surface area (Å²) in [6.07, 6.45) is -1.16. The standard InChI is InChI=1S/C38H55N5O10S/c1-23(2)33(31-20-32(41-53-31)51-17-16-50-15-14-49-13-12-42(8)37(47)52-38(5,6)7)36(46)43-21-27(44)19-29(43)35(45)40-24(3)28-11-10-26(18-30(28)48-9)34-25(4)39-22-54-34/h10-11,18,20,22-24,27,29,33,44H,12-17,19,21H2,1-9H3,(H,40,45)/t24-,27+,29-,33-/m0/s1. The number of likely N-dealkylation sites (N-methyl/N-ethyl adjacent to an activating group) is 1. The van der Waals surface area contributed by atoms with Crippen molar-refractivity contribution < 1.29 is 47.7 Å². The van der Waals surface area contributed by atoms with Gasteiger partial charge in [0.05, 0.1) is 61.8 Å². The fraction of sp³-hybridized carbons (Fsp3) is 0.605. The Balaban J connectivity index is 1.26. The van der Waals surface area contributed by atoms with Gasteiger partial charge in [0, 0.05) is 38.2 Å². The molecule has 3 aromatic rings. The molecule has 3 heterocycles. The summed E-state index contributed by atoms with van der Waals surface area (Å²) in [6.45, 7) is 14.9. The normalized spacial score (nSPS) is 17.0. The number of rotatable bonds is 18. The molecular formula is C38H55N5O10S. The number of likely N-dealkylation sites (tertiary alicyclic amines) is 1. The van der Waals surface area contributed by atoms with E-state index in [4.69, 9.17) is 28.2 Å². The zero-order chi connectivity index (χ0) is 39.6. The molecule has 4 rings (SSSR count). The van der Waals surface area contributed by atoms with Crippen molar-refractivity contribution in [2.75, 3.05) is 60.3 Å². The number of aliphatic hydroxyl groups excluding tert-OH is 1. The van der Waals surface area contributed by atoms with Gasteiger partial charge in [0.15, 0.2) is 5.76 Å². The maximum Gasteiger partial charge on any atom is 0.410 e. The highest BCUT2D eigenvalue weighted by atomic mass is 32.1. The Bertz CT molecular complexity index is 1690. The smallest absolute Gasteiger partial charge is 0.410 e. The molecule has 2 aromatic heterocycles. The molecule has 1 fully saturated rings. The third kappa shape index (κ3) is 11.6. The second-order valence-corrected chi connectivity index (χ2v) is 15.5. The summed E-state index contributed by atoms with van der Waals surface area (Å²) in [4.78, 5) is 48.0. The van der Waals surface area contributed by atoms with Gasteiger partial charge in [-0.05, 0) is 57.3 Å². The summed E-state index contributed by atoms with van der Waals surface area (Å²) in [5.41, 5.74) is 3.92. The maximum atomic E-state index is 14.0. The zero-order valence-corrected chi connectivity index (χ0v) is 33.6. The molecule has 0 bridgehead atoms. The first-order chi connectivity index (χ1) is 25.6. The number of nitrogens with one attached hydrogen (secondary N) is 1. The second-order valence-electron chi connectivity index (χ2n) is 14.6. The molecular weight excluding hydrogens is 719 g/mol. The lowest BCUT2D eigenvalue weighted by molar-refractivity contribution is -0.141. The van der Waals surface area contributed by atoms with Crippen LogP contribution in [0.15, 0.2) is 34.3 Å². The lowest BCUT2D eigenvalue weighted by Gasteiger charge is -2.29. The van der Waals surface area contributed by atoms with Crippen molar-refractivity contribution in [3.63, 3.8) is 0 Å². The minimum Gasteiger partial charge on any atom is -0.496 e. The molecule has 2 N–H and O–H groups in total. The molecule has 16 heteroatoms. The van der Waals surface area contributed by atoms with Crippen molar-refractivity contribution in [1.29, 1.82) is 0 Å². The van der Waals surface area contributed by atoms with E-state index in [1.54, 1.807) is 37.1 Å². The first-order valence-corrected chi connectivity index (χ1v) is 19.0. The summed E-state index contributed by atoms with van der Waals surface area (Å²) >= 11 is 1.55. The summed E-state index contributed by atoms with van der Waals surface area (Å²) in [5, 5.41) is 17.6. The van der Waals surface area contributed by atoms with Gasteiger partial charge in [-0.15, -0.1) is 11.3 Å². The maximum absolute atomic E-state index is 14.0. The number of carbonyl (C=O) groups is 3. The van der Waals surface area contributed by atoms with E-state index in [9.17, 15) is 19.5 Å². The first-order valence-electron chi connectivity index (χ1n) is 18.2. The van der Waals surface area contributed by atoms with Gasteiger partial charge >= 0.3 is 6.09 Å². The minimum atomic E-state index is -0.882. The van der Waals surface area contributed by atoms with Crippen molar-refractivity contribution in [2.45, 2.75) is 84.6 Å². The summed E-state index contributed by atoms with van der Waals surface area (Å²) in [5.74, 6) is -0.587. The molecule has 1 saturated heterocycles. The number of hydrogen-bond donors (Lipinski definition) is 2. The van der Waals surface area contributed by atoms with Crippen LogP contribution in [0.2, 0.25) is 0 Å². The van der Waals surface area contributed by atoms with Crippen LogP contribution in [0.5, 0.6) is 11.6 Å². The number of aryl methyl sites for hydroxylation is 1. The van der Waals surface area contributed by atoms with Gasteiger partial charge in [0.1, 0.15) is 29.9 Å². The predicted molar refractivity (Wildman–Crippen MR) is 202 cm³/mol. The van der Waals surface area contributed by atoms with E-state index >= 15 is 0 Å². The zero-order valence-electron chi connectivity index (χ0n) is 32.7. The van der Waals surface area contributed by atoms with E-state index in [1.807, 2.05) is 66.7 Å². The van der Waals surface area contributed by atoms with Crippen molar-refractivity contribution >= 4 is 29.2 Å². The molecule has 0 radical (unpaired) electrons. The monoisotopic (exact) mass is 773 g/mol. The third-order valence-corrected chi connectivity index (χ3v) is 9.78. The van der Waals surface area contributed by atoms with E-state index in [1.165, 1.54) is 9.80 Å². The Labute approximate surface area is 321 Å². The van der Waals surface area contributed by atoms with Gasteiger partial charge < -0.3 is 48.4 Å². The Morgan fingerprint density at radius 1 is 1.09 bits per heavy atom. The molecule has 4 atom stereocenters. The number of amides is 3. The topological polar surface area (TPSA) is 175 Å². The summed E-state index contributed by atoms with van der Waals surface area (Å²) < 4.78 is 33.4. The number of ether oxygens (including phenoxy) is 5. The number of aliphatic hydroxyl groups is 1. The molecule has 0 spiro atoms. The summed E-state index contributed by atoms with van der Waals surface area (Å²) in [7, 11) is 3.24. The molecule has 1 aromatic carbocycles. The number of methoxy groups -OCH3 is 1. The van der Waals surface area contributed by atoms with Gasteiger partial charge in [0.25, 0.3) is 5.88 Å². The predicted octanol–water partition coefficient (Wildman–Crippen LogP) is 4.97. The number of thiazole rings is 1. The fourth-order valence-electron chi connectivity index (χ4n) is 6.04. The molecule has 1 aliphatic heterocycles. The van der Waals surface area contributed by atoms with E-state index in [0.29, 0.717) is 37.9 Å². The van der Waals surface area contributed by atoms with Crippen LogP contribution in [0.1, 0.15) is 76.9 Å². The van der Waals surface area contributed by atoms with Crippen molar-refractivity contribution in [2.24, 2.45) is 5.92 Å². The average molecular weight is 774 g/mol. The van der Waals surface area contributed by atoms with E-state index in [-0.39, 0.29) is 49.8 Å². The van der Waals surface area contributed by atoms with E-state index < -0.39 is 35.8 Å². The third-order valence-electron chi connectivity index (χ3n) is 8.80. The largest absolute Gasteiger partial charge is 0.496 e. The summed E-state index contributed by atoms with van der Waals surface area (Å²) in [6, 6.07) is 6.07. The molecule has 15 nitrogen and oxygen atoms in total. The van der Waals surface area contributed by atoms with E-state index in [0.717, 1.165) is 21.7 Å². The minimum absolute atomic E-state index is 0.0136. The number of carbonyl (C=O) groups excluding carboxylic acids is 3. The SMILES string of the molecule is COc1cc(-c2scnc2C)ccc1[C@H](C)NC(=O)[C@@H]1C[C@@H](O)CN1C(=O)[C@H](c1cc(OCCOCCOCCN(C)C(=O)OC(C)(C)C)no1)C(C)C. The average Bonchev–Trinajstić information content (AvgIpc) is 3.86. The molecule has 0 saturated carbocycles. The van der Waals surface area contributed by atoms with Crippen molar-refractivity contribution in [3.05, 3.63) is 46.8 Å². The Hall–Kier alpha value is -4.25. The van der Waals surface area contributed by atoms with Crippen LogP contribution in [-0.2, 0) is 23.8 Å². The van der Waals surface area contributed by atoms with Crippen LogP contribution in [-0.4, -0.2) is 121 Å². The van der Waals surface area contributed by atoms with Crippen LogP contribution in [0, 0.1) is 12.8 Å². The fourth-order valence-corrected chi connectivity index (χ4v) is 6.85. The molecule has 3 amide bonds. The van der Waals surface area contributed by atoms with Gasteiger partial charge in [-0.3, -0.25) is 9.59 Å². The van der Waals surface area contributed by atoms with Crippen molar-refractivity contribution in [1.82, 2.24) is 25.3 Å². The Morgan fingerprint density at radius 3 is 2.44 bits per heavy atom. The van der Waals surface area contributed by atoms with Crippen LogP contribution >= 0.6 is 11.3 Å². The van der Waals surface area contributed by atoms with Crippen LogP contribution in [0.3, 0.4) is 0 Å². The van der Waals surface area contributed by atoms with Crippen LogP contribution < -0.4 is 14.8 Å². The molecule has 1 aliphatic rings. The highest BCUT2D eigenvalue weighted by Crippen LogP contribution is 2.35. The van der Waals surface area contributed by atoms with Gasteiger partial charge in [0.2, 0.25) is 11.8 Å². The lowest BCUT2D eigenvalue weighted by atomic mass is 9.91. The highest BCUT2D eigenvalue weighted by molar-refractivity contribution is 7.13. The number of nitrogens with zero attached hydrogens (tertiary/aromatic N) is 4. The number of benzene rings is 1. The Kier molecular flexibility index (Phi) is 15.2. The molecule has 298 valence electrons. The van der Waals surface area contributed by atoms with Crippen molar-refractivity contribution in [3.8, 4) is 22.1 Å². The van der Waals surface area contributed by atoms with Crippen LogP contribution in [0.25, 0.3) is 10.4 Å². The quantitative estimate of drug-likeness (QED) is 0.166. The van der Waals surface area contributed by atoms with Gasteiger partial charge in [-0.2, -0.15) is 0 Å². The number of aromatic nitrogens is 2. The molecule has 54 heavy (non-hydrogen) atoms. The Morgan fingerprint density at radius 2 is 1.80 bits per heavy atom. The first kappa shape index (κ1) is 42.5. The lowest BCUT2D eigenvalue weighted by Crippen LogP contribution is -2.48. The van der Waals surface area contributed by atoms with Crippen LogP contribution in [0.4, 0.5) is 4.79 Å². The molecule has 0 aliphatic carbocycles. The number of β-amino-alcohol motifs (C(OH)–C–C–N with tert-alkyl or cyclic N) is 1. The second kappa shape index (κ2) is 19.4. The highest BCUT2D eigenvalue weighted by Gasteiger charge is 2.43. The van der Waals surface area contributed by atoms with Gasteiger partial charge in [-0.25, -0.2) is 9.78 Å². The number of hydrogen-bond acceptors (Lipinski definition) is 13.